The van der Waals surface area contributed by atoms with Gasteiger partial charge in [0.1, 0.15) is 5.75 Å². The third-order valence-corrected chi connectivity index (χ3v) is 2.70. The minimum Gasteiger partial charge on any atom is -0.461 e. The summed E-state index contributed by atoms with van der Waals surface area (Å²) in [5.74, 6) is 0.372. The normalized spacial score (nSPS) is 18.1. The SMILES string of the molecule is CCc1cnc(C)c2c1COC(C)(C)O2. The molecule has 0 bridgehead atoms. The Morgan fingerprint density at radius 1 is 1.47 bits per heavy atom. The van der Waals surface area contributed by atoms with Gasteiger partial charge in [-0.15, -0.1) is 0 Å². The van der Waals surface area contributed by atoms with Gasteiger partial charge in [0.25, 0.3) is 0 Å². The number of rotatable bonds is 1. The smallest absolute Gasteiger partial charge is 0.205 e. The summed E-state index contributed by atoms with van der Waals surface area (Å²) < 4.78 is 11.4. The van der Waals surface area contributed by atoms with Crippen LogP contribution in [0.5, 0.6) is 5.75 Å². The summed E-state index contributed by atoms with van der Waals surface area (Å²) in [5.41, 5.74) is 3.31. The fraction of sp³-hybridized carbons (Fsp3) is 0.583. The van der Waals surface area contributed by atoms with E-state index in [0.717, 1.165) is 23.4 Å². The standard InChI is InChI=1S/C12H17NO2/c1-5-9-6-13-8(2)11-10(9)7-14-12(3,4)15-11/h6H,5,7H2,1-4H3. The number of hydrogen-bond acceptors (Lipinski definition) is 3. The van der Waals surface area contributed by atoms with E-state index in [2.05, 4.69) is 11.9 Å². The molecule has 0 N–H and O–H groups in total. The van der Waals surface area contributed by atoms with E-state index in [1.807, 2.05) is 27.0 Å². The van der Waals surface area contributed by atoms with Crippen LogP contribution in [-0.2, 0) is 17.8 Å². The van der Waals surface area contributed by atoms with Crippen LogP contribution < -0.4 is 4.74 Å². The molecule has 3 heteroatoms. The van der Waals surface area contributed by atoms with Crippen molar-refractivity contribution in [3.05, 3.63) is 23.0 Å². The Balaban J connectivity index is 2.50. The van der Waals surface area contributed by atoms with Crippen LogP contribution in [0.25, 0.3) is 0 Å². The van der Waals surface area contributed by atoms with Crippen LogP contribution in [0.15, 0.2) is 6.20 Å². The van der Waals surface area contributed by atoms with Crippen LogP contribution in [0.4, 0.5) is 0 Å². The van der Waals surface area contributed by atoms with Gasteiger partial charge in [0.2, 0.25) is 5.79 Å². The zero-order valence-electron chi connectivity index (χ0n) is 9.76. The molecule has 1 aromatic rings. The largest absolute Gasteiger partial charge is 0.461 e. The lowest BCUT2D eigenvalue weighted by Gasteiger charge is -2.34. The second-order valence-electron chi connectivity index (χ2n) is 4.32. The summed E-state index contributed by atoms with van der Waals surface area (Å²) in [7, 11) is 0. The van der Waals surface area contributed by atoms with Gasteiger partial charge >= 0.3 is 0 Å². The summed E-state index contributed by atoms with van der Waals surface area (Å²) in [6.45, 7) is 8.56. The maximum atomic E-state index is 5.81. The van der Waals surface area contributed by atoms with Gasteiger partial charge in [0.05, 0.1) is 12.3 Å². The van der Waals surface area contributed by atoms with E-state index < -0.39 is 5.79 Å². The summed E-state index contributed by atoms with van der Waals surface area (Å²) in [6, 6.07) is 0. The highest BCUT2D eigenvalue weighted by Gasteiger charge is 2.29. The molecule has 2 rings (SSSR count). The zero-order chi connectivity index (χ0) is 11.1. The van der Waals surface area contributed by atoms with Gasteiger partial charge in [0.15, 0.2) is 0 Å². The van der Waals surface area contributed by atoms with Gasteiger partial charge in [-0.2, -0.15) is 0 Å². The third kappa shape index (κ3) is 1.84. The lowest BCUT2D eigenvalue weighted by atomic mass is 10.1. The second kappa shape index (κ2) is 3.49. The molecule has 0 unspecified atom stereocenters. The van der Waals surface area contributed by atoms with E-state index in [4.69, 9.17) is 9.47 Å². The van der Waals surface area contributed by atoms with Gasteiger partial charge < -0.3 is 9.47 Å². The fourth-order valence-corrected chi connectivity index (χ4v) is 1.80. The van der Waals surface area contributed by atoms with E-state index in [1.165, 1.54) is 5.56 Å². The van der Waals surface area contributed by atoms with Gasteiger partial charge in [-0.25, -0.2) is 0 Å². The van der Waals surface area contributed by atoms with Crippen molar-refractivity contribution in [1.29, 1.82) is 0 Å². The van der Waals surface area contributed by atoms with E-state index in [0.29, 0.717) is 6.61 Å². The van der Waals surface area contributed by atoms with Crippen molar-refractivity contribution in [2.75, 3.05) is 0 Å². The van der Waals surface area contributed by atoms with Crippen molar-refractivity contribution >= 4 is 0 Å². The average molecular weight is 207 g/mol. The number of ether oxygens (including phenoxy) is 2. The number of pyridine rings is 1. The van der Waals surface area contributed by atoms with Crippen LogP contribution in [0, 0.1) is 6.92 Å². The zero-order valence-corrected chi connectivity index (χ0v) is 9.76. The third-order valence-electron chi connectivity index (χ3n) is 2.70. The first-order valence-electron chi connectivity index (χ1n) is 5.34. The van der Waals surface area contributed by atoms with Crippen molar-refractivity contribution in [3.8, 4) is 5.75 Å². The molecular formula is C12H17NO2. The van der Waals surface area contributed by atoms with E-state index >= 15 is 0 Å². The van der Waals surface area contributed by atoms with Gasteiger partial charge in [-0.05, 0) is 18.9 Å². The molecule has 0 aliphatic carbocycles. The molecule has 0 saturated carbocycles. The molecule has 0 saturated heterocycles. The van der Waals surface area contributed by atoms with Crippen molar-refractivity contribution < 1.29 is 9.47 Å². The predicted molar refractivity (Wildman–Crippen MR) is 57.8 cm³/mol. The minimum absolute atomic E-state index is 0.536. The van der Waals surface area contributed by atoms with E-state index in [1.54, 1.807) is 0 Å². The number of hydrogen-bond donors (Lipinski definition) is 0. The molecule has 1 aliphatic rings. The molecule has 0 fully saturated rings. The summed E-state index contributed by atoms with van der Waals surface area (Å²) >= 11 is 0. The second-order valence-corrected chi connectivity index (χ2v) is 4.32. The molecule has 0 radical (unpaired) electrons. The molecule has 82 valence electrons. The van der Waals surface area contributed by atoms with Crippen LogP contribution >= 0.6 is 0 Å². The Kier molecular flexibility index (Phi) is 2.43. The lowest BCUT2D eigenvalue weighted by Crippen LogP contribution is -2.36. The molecule has 1 aromatic heterocycles. The fourth-order valence-electron chi connectivity index (χ4n) is 1.80. The highest BCUT2D eigenvalue weighted by Crippen LogP contribution is 2.34. The maximum absolute atomic E-state index is 5.81. The quantitative estimate of drug-likeness (QED) is 0.709. The van der Waals surface area contributed by atoms with Crippen molar-refractivity contribution in [1.82, 2.24) is 4.98 Å². The predicted octanol–water partition coefficient (Wildman–Crippen LogP) is 2.60. The molecule has 0 spiro atoms. The number of nitrogens with zero attached hydrogens (tertiary/aromatic N) is 1. The lowest BCUT2D eigenvalue weighted by molar-refractivity contribution is -0.180. The first-order chi connectivity index (χ1) is 7.03. The minimum atomic E-state index is -0.536. The molecule has 0 aromatic carbocycles. The average Bonchev–Trinajstić information content (AvgIpc) is 2.18. The van der Waals surface area contributed by atoms with Crippen LogP contribution in [-0.4, -0.2) is 10.8 Å². The Hall–Kier alpha value is -1.09. The van der Waals surface area contributed by atoms with Crippen LogP contribution in [0.3, 0.4) is 0 Å². The monoisotopic (exact) mass is 207 g/mol. The Morgan fingerprint density at radius 3 is 2.87 bits per heavy atom. The maximum Gasteiger partial charge on any atom is 0.205 e. The molecule has 1 aliphatic heterocycles. The van der Waals surface area contributed by atoms with E-state index in [9.17, 15) is 0 Å². The van der Waals surface area contributed by atoms with Crippen LogP contribution in [0.1, 0.15) is 37.6 Å². The van der Waals surface area contributed by atoms with Crippen molar-refractivity contribution in [2.45, 2.75) is 46.5 Å². The Labute approximate surface area is 90.4 Å². The summed E-state index contributed by atoms with van der Waals surface area (Å²) in [5, 5.41) is 0. The molecule has 2 heterocycles. The molecule has 3 nitrogen and oxygen atoms in total. The Bertz CT molecular complexity index is 385. The first-order valence-corrected chi connectivity index (χ1v) is 5.34. The van der Waals surface area contributed by atoms with Crippen molar-refractivity contribution in [3.63, 3.8) is 0 Å². The van der Waals surface area contributed by atoms with Crippen molar-refractivity contribution in [2.24, 2.45) is 0 Å². The van der Waals surface area contributed by atoms with Gasteiger partial charge in [-0.1, -0.05) is 6.92 Å². The number of aromatic nitrogens is 1. The van der Waals surface area contributed by atoms with Gasteiger partial charge in [0, 0.05) is 25.6 Å². The summed E-state index contributed by atoms with van der Waals surface area (Å²) in [6.07, 6.45) is 2.88. The number of aryl methyl sites for hydroxylation is 2. The highest BCUT2D eigenvalue weighted by molar-refractivity contribution is 5.42. The van der Waals surface area contributed by atoms with Crippen LogP contribution in [0.2, 0.25) is 0 Å². The molecular weight excluding hydrogens is 190 g/mol. The Morgan fingerprint density at radius 2 is 2.20 bits per heavy atom. The highest BCUT2D eigenvalue weighted by atomic mass is 16.7. The first kappa shape index (κ1) is 10.4. The topological polar surface area (TPSA) is 31.4 Å². The molecule has 15 heavy (non-hydrogen) atoms. The molecule has 0 atom stereocenters. The van der Waals surface area contributed by atoms with Gasteiger partial charge in [-0.3, -0.25) is 4.98 Å². The van der Waals surface area contributed by atoms with E-state index in [-0.39, 0.29) is 0 Å². The number of fused-ring (bicyclic) bond motifs is 1. The molecule has 0 amide bonds. The summed E-state index contributed by atoms with van der Waals surface area (Å²) in [4.78, 5) is 4.35.